The van der Waals surface area contributed by atoms with Crippen LogP contribution in [0.4, 0.5) is 0 Å². The largest absolute Gasteiger partial charge is 0.479 e. The number of nitriles is 1. The molecule has 3 rings (SSSR count). The number of rotatable bonds is 5. The summed E-state index contributed by atoms with van der Waals surface area (Å²) in [6, 6.07) is 7.92. The zero-order chi connectivity index (χ0) is 18.2. The summed E-state index contributed by atoms with van der Waals surface area (Å²) in [5, 5.41) is 19.1. The van der Waals surface area contributed by atoms with Gasteiger partial charge in [0.15, 0.2) is 0 Å². The van der Waals surface area contributed by atoms with Gasteiger partial charge >= 0.3 is 10.1 Å². The number of ether oxygens (including phenoxy) is 1. The van der Waals surface area contributed by atoms with E-state index in [1.807, 2.05) is 13.0 Å². The van der Waals surface area contributed by atoms with Crippen LogP contribution in [0.25, 0.3) is 0 Å². The van der Waals surface area contributed by atoms with Gasteiger partial charge in [-0.3, -0.25) is 5.41 Å². The summed E-state index contributed by atoms with van der Waals surface area (Å²) in [5.74, 6) is -0.650. The molecule has 1 N–H and O–H groups in total. The van der Waals surface area contributed by atoms with Crippen LogP contribution in [-0.2, 0) is 19.1 Å². The van der Waals surface area contributed by atoms with E-state index in [1.165, 1.54) is 12.1 Å². The van der Waals surface area contributed by atoms with Crippen molar-refractivity contribution in [3.05, 3.63) is 42.0 Å². The normalized spacial score (nSPS) is 28.0. The van der Waals surface area contributed by atoms with Gasteiger partial charge in [0.2, 0.25) is 11.4 Å². The first-order valence-corrected chi connectivity index (χ1v) is 9.38. The Morgan fingerprint density at radius 3 is 2.68 bits per heavy atom. The molecule has 8 heteroatoms. The van der Waals surface area contributed by atoms with Gasteiger partial charge in [0.25, 0.3) is 0 Å². The minimum atomic E-state index is -4.12. The average Bonchev–Trinajstić information content (AvgIpc) is 3.16. The zero-order valence-corrected chi connectivity index (χ0v) is 14.8. The second kappa shape index (κ2) is 6.26. The van der Waals surface area contributed by atoms with Crippen molar-refractivity contribution in [3.8, 4) is 6.07 Å². The fourth-order valence-corrected chi connectivity index (χ4v) is 4.26. The third kappa shape index (κ3) is 2.74. The van der Waals surface area contributed by atoms with Gasteiger partial charge in [-0.15, -0.1) is 5.06 Å². The second-order valence-electron chi connectivity index (χ2n) is 6.10. The molecule has 0 aromatic heterocycles. The molecule has 2 bridgehead atoms. The fourth-order valence-electron chi connectivity index (χ4n) is 3.26. The summed E-state index contributed by atoms with van der Waals surface area (Å²) in [5.41, 5.74) is -0.653. The number of hydroxylamine groups is 2. The Kier molecular flexibility index (Phi) is 4.41. The van der Waals surface area contributed by atoms with Crippen molar-refractivity contribution >= 4 is 16.0 Å². The number of benzene rings is 1. The molecular formula is C17H19N3O4S. The van der Waals surface area contributed by atoms with E-state index in [4.69, 9.17) is 14.4 Å². The van der Waals surface area contributed by atoms with Crippen molar-refractivity contribution in [2.45, 2.75) is 36.7 Å². The first-order chi connectivity index (χ1) is 11.8. The minimum Gasteiger partial charge on any atom is -0.479 e. The van der Waals surface area contributed by atoms with E-state index < -0.39 is 21.7 Å². The van der Waals surface area contributed by atoms with Crippen LogP contribution in [0.1, 0.15) is 18.9 Å². The molecule has 3 atom stereocenters. The molecule has 7 nitrogen and oxygen atoms in total. The Morgan fingerprint density at radius 2 is 2.08 bits per heavy atom. The average molecular weight is 361 g/mol. The van der Waals surface area contributed by atoms with Gasteiger partial charge in [-0.05, 0) is 32.4 Å². The van der Waals surface area contributed by atoms with Crippen LogP contribution in [0.5, 0.6) is 0 Å². The molecule has 1 aliphatic carbocycles. The summed E-state index contributed by atoms with van der Waals surface area (Å²) in [6.45, 7) is 3.77. The van der Waals surface area contributed by atoms with Gasteiger partial charge in [0.05, 0.1) is 23.6 Å². The van der Waals surface area contributed by atoms with Crippen LogP contribution < -0.4 is 0 Å². The maximum absolute atomic E-state index is 12.7. The Labute approximate surface area is 147 Å². The maximum atomic E-state index is 12.7. The molecule has 1 fully saturated rings. The standard InChI is InChI=1S/C17H19N3O4S/c1-3-23-16(19)17(11-18)13-6-7-14(10-13)20(17)24-25(21,22)15-8-4-12(2)5-9-15/h4-9,13-14,19H,3,10H2,1-2H3/t13?,14?,17-/m0/s1. The molecule has 25 heavy (non-hydrogen) atoms. The lowest BCUT2D eigenvalue weighted by Crippen LogP contribution is -2.57. The summed E-state index contributed by atoms with van der Waals surface area (Å²) in [7, 11) is -4.12. The Morgan fingerprint density at radius 1 is 1.40 bits per heavy atom. The topological polar surface area (TPSA) is 103 Å². The SMILES string of the molecule is CCOC(=N)[C@]1(C#N)C2C=CC(C2)N1OS(=O)(=O)c1ccc(C)cc1. The van der Waals surface area contributed by atoms with E-state index in [0.29, 0.717) is 6.42 Å². The van der Waals surface area contributed by atoms with Gasteiger partial charge in [-0.2, -0.15) is 18.0 Å². The zero-order valence-electron chi connectivity index (χ0n) is 14.0. The van der Waals surface area contributed by atoms with Gasteiger partial charge < -0.3 is 4.74 Å². The highest BCUT2D eigenvalue weighted by Gasteiger charge is 2.61. The molecule has 2 aliphatic rings. The summed E-state index contributed by atoms with van der Waals surface area (Å²) >= 11 is 0. The molecule has 0 radical (unpaired) electrons. The van der Waals surface area contributed by atoms with Crippen molar-refractivity contribution in [2.75, 3.05) is 6.61 Å². The van der Waals surface area contributed by atoms with Gasteiger partial charge in [-0.25, -0.2) is 0 Å². The van der Waals surface area contributed by atoms with Crippen molar-refractivity contribution in [1.82, 2.24) is 5.06 Å². The van der Waals surface area contributed by atoms with Crippen molar-refractivity contribution < 1.29 is 17.4 Å². The molecule has 2 unspecified atom stereocenters. The highest BCUT2D eigenvalue weighted by atomic mass is 32.2. The Hall–Kier alpha value is -2.21. The quantitative estimate of drug-likeness (QED) is 0.490. The molecule has 1 saturated heterocycles. The molecule has 1 aromatic rings. The van der Waals surface area contributed by atoms with E-state index in [0.717, 1.165) is 10.6 Å². The van der Waals surface area contributed by atoms with Gasteiger partial charge in [-0.1, -0.05) is 29.8 Å². The Balaban J connectivity index is 1.97. The lowest BCUT2D eigenvalue weighted by molar-refractivity contribution is -0.101. The molecule has 1 aliphatic heterocycles. The van der Waals surface area contributed by atoms with Crippen LogP contribution in [0.3, 0.4) is 0 Å². The first kappa shape index (κ1) is 17.6. The monoisotopic (exact) mass is 361 g/mol. The summed E-state index contributed by atoms with van der Waals surface area (Å²) in [4.78, 5) is -0.000339. The van der Waals surface area contributed by atoms with Crippen LogP contribution in [0.15, 0.2) is 41.3 Å². The van der Waals surface area contributed by atoms with Crippen molar-refractivity contribution in [2.24, 2.45) is 5.92 Å². The van der Waals surface area contributed by atoms with Crippen molar-refractivity contribution in [1.29, 1.82) is 10.7 Å². The van der Waals surface area contributed by atoms with E-state index in [9.17, 15) is 13.7 Å². The predicted octanol–water partition coefficient (Wildman–Crippen LogP) is 2.15. The van der Waals surface area contributed by atoms with E-state index >= 15 is 0 Å². The van der Waals surface area contributed by atoms with Crippen molar-refractivity contribution in [3.63, 3.8) is 0 Å². The van der Waals surface area contributed by atoms with Gasteiger partial charge in [0, 0.05) is 5.92 Å². The van der Waals surface area contributed by atoms with E-state index in [1.54, 1.807) is 25.1 Å². The van der Waals surface area contributed by atoms with Crippen LogP contribution in [0.2, 0.25) is 0 Å². The number of aryl methyl sites for hydroxylation is 1. The molecular weight excluding hydrogens is 342 g/mol. The molecule has 1 heterocycles. The molecule has 0 spiro atoms. The Bertz CT molecular complexity index is 857. The third-order valence-corrected chi connectivity index (χ3v) is 5.75. The lowest BCUT2D eigenvalue weighted by Gasteiger charge is -2.36. The van der Waals surface area contributed by atoms with E-state index in [-0.39, 0.29) is 23.3 Å². The smallest absolute Gasteiger partial charge is 0.313 e. The summed E-state index contributed by atoms with van der Waals surface area (Å²) < 4.78 is 35.9. The molecule has 0 amide bonds. The highest BCUT2D eigenvalue weighted by Crippen LogP contribution is 2.46. The number of nitrogens with one attached hydrogen (secondary N) is 1. The second-order valence-corrected chi connectivity index (χ2v) is 7.63. The predicted molar refractivity (Wildman–Crippen MR) is 90.0 cm³/mol. The third-order valence-electron chi connectivity index (χ3n) is 4.54. The lowest BCUT2D eigenvalue weighted by atomic mass is 9.87. The number of hydrogen-bond acceptors (Lipinski definition) is 7. The number of nitrogens with zero attached hydrogens (tertiary/aromatic N) is 2. The first-order valence-electron chi connectivity index (χ1n) is 7.97. The fraction of sp³-hybridized carbons (Fsp3) is 0.412. The molecule has 0 saturated carbocycles. The number of hydrogen-bond donors (Lipinski definition) is 1. The van der Waals surface area contributed by atoms with Crippen LogP contribution in [0, 0.1) is 29.6 Å². The van der Waals surface area contributed by atoms with E-state index in [2.05, 4.69) is 6.07 Å². The van der Waals surface area contributed by atoms with Crippen LogP contribution >= 0.6 is 0 Å². The molecule has 132 valence electrons. The maximum Gasteiger partial charge on any atom is 0.313 e. The summed E-state index contributed by atoms with van der Waals surface area (Å²) in [6.07, 6.45) is 4.12. The highest BCUT2D eigenvalue weighted by molar-refractivity contribution is 7.86. The van der Waals surface area contributed by atoms with Gasteiger partial charge in [0.1, 0.15) is 0 Å². The minimum absolute atomic E-state index is 0.000339. The number of fused-ring (bicyclic) bond motifs is 2. The van der Waals surface area contributed by atoms with Crippen LogP contribution in [-0.4, -0.2) is 37.6 Å². The molecule has 1 aromatic carbocycles.